The summed E-state index contributed by atoms with van der Waals surface area (Å²) in [6, 6.07) is 0. The van der Waals surface area contributed by atoms with Crippen molar-refractivity contribution in [1.82, 2.24) is 9.55 Å². The predicted molar refractivity (Wildman–Crippen MR) is 57.3 cm³/mol. The molecular formula is C11H18N2O2. The van der Waals surface area contributed by atoms with Gasteiger partial charge >= 0.3 is 5.97 Å². The second-order valence-corrected chi connectivity index (χ2v) is 4.03. The number of rotatable bonds is 4. The van der Waals surface area contributed by atoms with E-state index >= 15 is 0 Å². The van der Waals surface area contributed by atoms with Crippen LogP contribution in [0.4, 0.5) is 0 Å². The van der Waals surface area contributed by atoms with Crippen molar-refractivity contribution in [2.24, 2.45) is 18.9 Å². The Morgan fingerprint density at radius 1 is 1.60 bits per heavy atom. The van der Waals surface area contributed by atoms with Gasteiger partial charge in [0.15, 0.2) is 0 Å². The van der Waals surface area contributed by atoms with Gasteiger partial charge in [0.05, 0.1) is 13.0 Å². The van der Waals surface area contributed by atoms with E-state index in [0.717, 1.165) is 5.82 Å². The first-order chi connectivity index (χ1) is 7.06. The van der Waals surface area contributed by atoms with Crippen LogP contribution in [0, 0.1) is 11.8 Å². The predicted octanol–water partition coefficient (Wildman–Crippen LogP) is 1.41. The average Bonchev–Trinajstić information content (AvgIpc) is 2.59. The molecule has 1 aromatic rings. The Hall–Kier alpha value is -1.32. The van der Waals surface area contributed by atoms with Crippen LogP contribution in [-0.2, 0) is 23.0 Å². The van der Waals surface area contributed by atoms with E-state index in [4.69, 9.17) is 4.74 Å². The molecule has 0 amide bonds. The highest BCUT2D eigenvalue weighted by Crippen LogP contribution is 2.17. The minimum Gasteiger partial charge on any atom is -0.469 e. The Balaban J connectivity index is 2.76. The number of carbonyl (C=O) groups is 1. The molecule has 0 aliphatic carbocycles. The van der Waals surface area contributed by atoms with Gasteiger partial charge in [0.25, 0.3) is 0 Å². The quantitative estimate of drug-likeness (QED) is 0.706. The number of hydrogen-bond donors (Lipinski definition) is 0. The molecule has 84 valence electrons. The first-order valence-corrected chi connectivity index (χ1v) is 5.10. The number of ether oxygens (including phenoxy) is 1. The molecule has 0 N–H and O–H groups in total. The first-order valence-electron chi connectivity index (χ1n) is 5.10. The van der Waals surface area contributed by atoms with Crippen molar-refractivity contribution in [3.05, 3.63) is 18.2 Å². The fourth-order valence-corrected chi connectivity index (χ4v) is 1.53. The van der Waals surface area contributed by atoms with Crippen LogP contribution in [0.2, 0.25) is 0 Å². The number of aromatic nitrogens is 2. The Labute approximate surface area is 90.3 Å². The SMILES string of the molecule is COC(=O)C(Cc1nccn1C)C(C)C. The largest absolute Gasteiger partial charge is 0.469 e. The third-order valence-electron chi connectivity index (χ3n) is 2.63. The lowest BCUT2D eigenvalue weighted by molar-refractivity contribution is -0.147. The monoisotopic (exact) mass is 210 g/mol. The molecule has 1 rings (SSSR count). The van der Waals surface area contributed by atoms with E-state index in [-0.39, 0.29) is 17.8 Å². The van der Waals surface area contributed by atoms with E-state index in [2.05, 4.69) is 4.98 Å². The fraction of sp³-hybridized carbons (Fsp3) is 0.636. The van der Waals surface area contributed by atoms with Gasteiger partial charge in [0, 0.05) is 25.9 Å². The van der Waals surface area contributed by atoms with E-state index in [0.29, 0.717) is 6.42 Å². The molecular weight excluding hydrogens is 192 g/mol. The molecule has 1 unspecified atom stereocenters. The first kappa shape index (κ1) is 11.8. The van der Waals surface area contributed by atoms with Crippen LogP contribution >= 0.6 is 0 Å². The smallest absolute Gasteiger partial charge is 0.309 e. The summed E-state index contributed by atoms with van der Waals surface area (Å²) in [5, 5.41) is 0. The van der Waals surface area contributed by atoms with Crippen molar-refractivity contribution in [2.75, 3.05) is 7.11 Å². The van der Waals surface area contributed by atoms with E-state index in [1.807, 2.05) is 31.7 Å². The van der Waals surface area contributed by atoms with Crippen molar-refractivity contribution < 1.29 is 9.53 Å². The molecule has 0 fully saturated rings. The van der Waals surface area contributed by atoms with Crippen LogP contribution in [0.3, 0.4) is 0 Å². The number of carbonyl (C=O) groups excluding carboxylic acids is 1. The summed E-state index contributed by atoms with van der Waals surface area (Å²) in [5.41, 5.74) is 0. The minimum absolute atomic E-state index is 0.115. The summed E-state index contributed by atoms with van der Waals surface area (Å²) in [7, 11) is 3.35. The van der Waals surface area contributed by atoms with Crippen molar-refractivity contribution in [2.45, 2.75) is 20.3 Å². The van der Waals surface area contributed by atoms with Crippen LogP contribution < -0.4 is 0 Å². The molecule has 4 heteroatoms. The molecule has 1 aromatic heterocycles. The summed E-state index contributed by atoms with van der Waals surface area (Å²) in [6.45, 7) is 4.04. The molecule has 0 aliphatic heterocycles. The normalized spacial score (nSPS) is 12.9. The van der Waals surface area contributed by atoms with Gasteiger partial charge in [-0.1, -0.05) is 13.8 Å². The zero-order valence-electron chi connectivity index (χ0n) is 9.73. The highest BCUT2D eigenvalue weighted by molar-refractivity contribution is 5.72. The minimum atomic E-state index is -0.159. The maximum absolute atomic E-state index is 11.5. The molecule has 15 heavy (non-hydrogen) atoms. The Morgan fingerprint density at radius 2 is 2.27 bits per heavy atom. The van der Waals surface area contributed by atoms with Crippen molar-refractivity contribution >= 4 is 5.97 Å². The third kappa shape index (κ3) is 2.81. The molecule has 1 atom stereocenters. The van der Waals surface area contributed by atoms with Gasteiger partial charge in [0.1, 0.15) is 5.82 Å². The fourth-order valence-electron chi connectivity index (χ4n) is 1.53. The van der Waals surface area contributed by atoms with Crippen molar-refractivity contribution in [1.29, 1.82) is 0 Å². The van der Waals surface area contributed by atoms with Crippen LogP contribution in [0.25, 0.3) is 0 Å². The van der Waals surface area contributed by atoms with Gasteiger partial charge in [-0.05, 0) is 5.92 Å². The number of methoxy groups -OCH3 is 1. The molecule has 0 spiro atoms. The van der Waals surface area contributed by atoms with Gasteiger partial charge in [0.2, 0.25) is 0 Å². The molecule has 0 aliphatic rings. The van der Waals surface area contributed by atoms with Crippen molar-refractivity contribution in [3.8, 4) is 0 Å². The molecule has 0 aromatic carbocycles. The average molecular weight is 210 g/mol. The van der Waals surface area contributed by atoms with Gasteiger partial charge in [-0.25, -0.2) is 4.98 Å². The molecule has 4 nitrogen and oxygen atoms in total. The van der Waals surface area contributed by atoms with Gasteiger partial charge in [-0.3, -0.25) is 4.79 Å². The van der Waals surface area contributed by atoms with Gasteiger partial charge in [-0.2, -0.15) is 0 Å². The number of aryl methyl sites for hydroxylation is 1. The van der Waals surface area contributed by atoms with Crippen LogP contribution in [0.5, 0.6) is 0 Å². The van der Waals surface area contributed by atoms with Gasteiger partial charge in [-0.15, -0.1) is 0 Å². The Morgan fingerprint density at radius 3 is 2.67 bits per heavy atom. The third-order valence-corrected chi connectivity index (χ3v) is 2.63. The zero-order chi connectivity index (χ0) is 11.4. The summed E-state index contributed by atoms with van der Waals surface area (Å²) in [4.78, 5) is 15.7. The number of nitrogens with zero attached hydrogens (tertiary/aromatic N) is 2. The lowest BCUT2D eigenvalue weighted by Gasteiger charge is -2.17. The molecule has 0 bridgehead atoms. The second kappa shape index (κ2) is 4.96. The molecule has 0 saturated heterocycles. The van der Waals surface area contributed by atoms with Crippen LogP contribution in [0.15, 0.2) is 12.4 Å². The number of esters is 1. The summed E-state index contributed by atoms with van der Waals surface area (Å²) in [5.74, 6) is 0.900. The lowest BCUT2D eigenvalue weighted by Crippen LogP contribution is -2.25. The topological polar surface area (TPSA) is 44.1 Å². The summed E-state index contributed by atoms with van der Waals surface area (Å²) in [6.07, 6.45) is 4.25. The van der Waals surface area contributed by atoms with E-state index in [1.54, 1.807) is 6.20 Å². The van der Waals surface area contributed by atoms with Crippen LogP contribution in [0.1, 0.15) is 19.7 Å². The number of hydrogen-bond acceptors (Lipinski definition) is 3. The Kier molecular flexibility index (Phi) is 3.88. The highest BCUT2D eigenvalue weighted by Gasteiger charge is 2.24. The van der Waals surface area contributed by atoms with Crippen LogP contribution in [-0.4, -0.2) is 22.6 Å². The summed E-state index contributed by atoms with van der Waals surface area (Å²) < 4.78 is 6.72. The second-order valence-electron chi connectivity index (χ2n) is 4.03. The van der Waals surface area contributed by atoms with E-state index in [1.165, 1.54) is 7.11 Å². The Bertz CT molecular complexity index is 331. The maximum Gasteiger partial charge on any atom is 0.309 e. The molecule has 0 saturated carbocycles. The highest BCUT2D eigenvalue weighted by atomic mass is 16.5. The van der Waals surface area contributed by atoms with Crippen molar-refractivity contribution in [3.63, 3.8) is 0 Å². The number of imidazole rings is 1. The molecule has 0 radical (unpaired) electrons. The maximum atomic E-state index is 11.5. The molecule has 1 heterocycles. The zero-order valence-corrected chi connectivity index (χ0v) is 9.73. The van der Waals surface area contributed by atoms with E-state index in [9.17, 15) is 4.79 Å². The van der Waals surface area contributed by atoms with E-state index < -0.39 is 0 Å². The van der Waals surface area contributed by atoms with Gasteiger partial charge < -0.3 is 9.30 Å². The lowest BCUT2D eigenvalue weighted by atomic mass is 9.92. The summed E-state index contributed by atoms with van der Waals surface area (Å²) >= 11 is 0. The standard InChI is InChI=1S/C11H18N2O2/c1-8(2)9(11(14)15-4)7-10-12-5-6-13(10)3/h5-6,8-9H,7H2,1-4H3.